The standard InChI is InChI=1S/C17H27FN4/c1-13(2)10-17(7-5-8-17)12-22-16(19-3)21-11-15-14(18)6-4-9-20-15/h4,6,9,13H,5,7-8,10-12H2,1-3H3,(H2,19,21,22). The number of hydrogen-bond donors (Lipinski definition) is 2. The quantitative estimate of drug-likeness (QED) is 0.627. The fourth-order valence-electron chi connectivity index (χ4n) is 3.20. The van der Waals surface area contributed by atoms with Crippen LogP contribution in [0.5, 0.6) is 0 Å². The lowest BCUT2D eigenvalue weighted by atomic mass is 9.64. The third-order valence-corrected chi connectivity index (χ3v) is 4.37. The van der Waals surface area contributed by atoms with Crippen molar-refractivity contribution in [2.75, 3.05) is 13.6 Å². The van der Waals surface area contributed by atoms with Crippen LogP contribution in [0.3, 0.4) is 0 Å². The molecule has 0 spiro atoms. The van der Waals surface area contributed by atoms with Crippen LogP contribution in [0.2, 0.25) is 0 Å². The van der Waals surface area contributed by atoms with Gasteiger partial charge in [-0.15, -0.1) is 0 Å². The van der Waals surface area contributed by atoms with Crippen molar-refractivity contribution in [2.45, 2.75) is 46.1 Å². The van der Waals surface area contributed by atoms with Crippen LogP contribution in [-0.4, -0.2) is 24.5 Å². The fourth-order valence-corrected chi connectivity index (χ4v) is 3.20. The van der Waals surface area contributed by atoms with Gasteiger partial charge in [0, 0.05) is 19.8 Å². The largest absolute Gasteiger partial charge is 0.356 e. The number of aromatic nitrogens is 1. The first-order chi connectivity index (χ1) is 10.5. The first kappa shape index (κ1) is 16.7. The number of nitrogens with one attached hydrogen (secondary N) is 2. The van der Waals surface area contributed by atoms with Crippen LogP contribution in [0.1, 0.15) is 45.2 Å². The van der Waals surface area contributed by atoms with Crippen LogP contribution < -0.4 is 10.6 Å². The number of aliphatic imine (C=N–C) groups is 1. The predicted octanol–water partition coefficient (Wildman–Crippen LogP) is 3.10. The summed E-state index contributed by atoms with van der Waals surface area (Å²) < 4.78 is 13.6. The van der Waals surface area contributed by atoms with E-state index in [1.807, 2.05) is 0 Å². The number of nitrogens with zero attached hydrogens (tertiary/aromatic N) is 2. The Kier molecular flexibility index (Phi) is 5.75. The average Bonchev–Trinajstić information content (AvgIpc) is 2.45. The van der Waals surface area contributed by atoms with E-state index in [-0.39, 0.29) is 5.82 Å². The summed E-state index contributed by atoms with van der Waals surface area (Å²) in [7, 11) is 1.74. The Morgan fingerprint density at radius 1 is 1.41 bits per heavy atom. The van der Waals surface area contributed by atoms with Gasteiger partial charge < -0.3 is 10.6 Å². The number of hydrogen-bond acceptors (Lipinski definition) is 2. The van der Waals surface area contributed by atoms with Crippen molar-refractivity contribution in [3.63, 3.8) is 0 Å². The monoisotopic (exact) mass is 306 g/mol. The highest BCUT2D eigenvalue weighted by Gasteiger charge is 2.37. The molecule has 5 heteroatoms. The molecule has 0 atom stereocenters. The van der Waals surface area contributed by atoms with Gasteiger partial charge in [-0.25, -0.2) is 4.39 Å². The molecular weight excluding hydrogens is 279 g/mol. The van der Waals surface area contributed by atoms with Crippen molar-refractivity contribution in [1.82, 2.24) is 15.6 Å². The summed E-state index contributed by atoms with van der Waals surface area (Å²) in [6.45, 7) is 5.81. The van der Waals surface area contributed by atoms with Crippen molar-refractivity contribution in [3.8, 4) is 0 Å². The lowest BCUT2D eigenvalue weighted by Gasteiger charge is -2.43. The van der Waals surface area contributed by atoms with Gasteiger partial charge in [0.1, 0.15) is 5.82 Å². The molecule has 0 aromatic carbocycles. The van der Waals surface area contributed by atoms with Gasteiger partial charge in [0.05, 0.1) is 12.2 Å². The van der Waals surface area contributed by atoms with Gasteiger partial charge in [0.15, 0.2) is 5.96 Å². The van der Waals surface area contributed by atoms with Gasteiger partial charge in [0.25, 0.3) is 0 Å². The average molecular weight is 306 g/mol. The summed E-state index contributed by atoms with van der Waals surface area (Å²) >= 11 is 0. The van der Waals surface area contributed by atoms with Crippen LogP contribution in [0, 0.1) is 17.2 Å². The van der Waals surface area contributed by atoms with E-state index in [2.05, 4.69) is 34.5 Å². The zero-order valence-corrected chi connectivity index (χ0v) is 13.8. The van der Waals surface area contributed by atoms with E-state index in [1.165, 1.54) is 31.7 Å². The topological polar surface area (TPSA) is 49.3 Å². The maximum Gasteiger partial charge on any atom is 0.191 e. The Labute approximate surface area is 132 Å². The van der Waals surface area contributed by atoms with Crippen molar-refractivity contribution in [3.05, 3.63) is 29.8 Å². The second kappa shape index (κ2) is 7.56. The second-order valence-electron chi connectivity index (χ2n) is 6.66. The highest BCUT2D eigenvalue weighted by Crippen LogP contribution is 2.45. The molecule has 0 unspecified atom stereocenters. The summed E-state index contributed by atoms with van der Waals surface area (Å²) in [6, 6.07) is 3.02. The number of halogens is 1. The summed E-state index contributed by atoms with van der Waals surface area (Å²) in [5.41, 5.74) is 0.813. The van der Waals surface area contributed by atoms with Gasteiger partial charge in [-0.3, -0.25) is 9.98 Å². The maximum absolute atomic E-state index is 13.6. The number of rotatable bonds is 6. The molecule has 1 saturated carbocycles. The SMILES string of the molecule is CN=C(NCc1ncccc1F)NCC1(CC(C)C)CCC1. The third-order valence-electron chi connectivity index (χ3n) is 4.37. The van der Waals surface area contributed by atoms with Gasteiger partial charge >= 0.3 is 0 Å². The van der Waals surface area contributed by atoms with Crippen molar-refractivity contribution in [2.24, 2.45) is 16.3 Å². The minimum absolute atomic E-state index is 0.291. The zero-order valence-electron chi connectivity index (χ0n) is 13.8. The molecule has 2 N–H and O–H groups in total. The van der Waals surface area contributed by atoms with Gasteiger partial charge in [-0.1, -0.05) is 20.3 Å². The Bertz CT molecular complexity index is 509. The lowest BCUT2D eigenvalue weighted by molar-refractivity contribution is 0.104. The highest BCUT2D eigenvalue weighted by molar-refractivity contribution is 5.79. The van der Waals surface area contributed by atoms with Crippen molar-refractivity contribution < 1.29 is 4.39 Å². The molecule has 1 aliphatic rings. The van der Waals surface area contributed by atoms with Crippen LogP contribution >= 0.6 is 0 Å². The maximum atomic E-state index is 13.6. The van der Waals surface area contributed by atoms with Crippen LogP contribution in [-0.2, 0) is 6.54 Å². The van der Waals surface area contributed by atoms with E-state index in [1.54, 1.807) is 19.3 Å². The molecule has 0 amide bonds. The van der Waals surface area contributed by atoms with Crippen LogP contribution in [0.15, 0.2) is 23.3 Å². The zero-order chi connectivity index (χ0) is 16.0. The predicted molar refractivity (Wildman–Crippen MR) is 88.1 cm³/mol. The molecule has 0 radical (unpaired) electrons. The van der Waals surface area contributed by atoms with E-state index >= 15 is 0 Å². The molecule has 22 heavy (non-hydrogen) atoms. The molecule has 1 heterocycles. The number of pyridine rings is 1. The van der Waals surface area contributed by atoms with Gasteiger partial charge in [0.2, 0.25) is 0 Å². The second-order valence-corrected chi connectivity index (χ2v) is 6.66. The highest BCUT2D eigenvalue weighted by atomic mass is 19.1. The smallest absolute Gasteiger partial charge is 0.191 e. The van der Waals surface area contributed by atoms with Gasteiger partial charge in [-0.05, 0) is 42.7 Å². The fraction of sp³-hybridized carbons (Fsp3) is 0.647. The Hall–Kier alpha value is -1.65. The summed E-state index contributed by atoms with van der Waals surface area (Å²) in [5.74, 6) is 1.13. The first-order valence-electron chi connectivity index (χ1n) is 8.08. The molecular formula is C17H27FN4. The molecule has 0 aliphatic heterocycles. The Morgan fingerprint density at radius 2 is 2.18 bits per heavy atom. The normalized spacial score (nSPS) is 17.2. The summed E-state index contributed by atoms with van der Waals surface area (Å²) in [4.78, 5) is 8.26. The molecule has 0 bridgehead atoms. The Morgan fingerprint density at radius 3 is 2.73 bits per heavy atom. The summed E-state index contributed by atoms with van der Waals surface area (Å²) in [6.07, 6.45) is 6.72. The molecule has 0 saturated heterocycles. The van der Waals surface area contributed by atoms with Crippen molar-refractivity contribution >= 4 is 5.96 Å². The lowest BCUT2D eigenvalue weighted by Crippen LogP contribution is -2.46. The van der Waals surface area contributed by atoms with E-state index in [9.17, 15) is 4.39 Å². The first-order valence-corrected chi connectivity index (χ1v) is 8.08. The van der Waals surface area contributed by atoms with Crippen molar-refractivity contribution in [1.29, 1.82) is 0 Å². The molecule has 4 nitrogen and oxygen atoms in total. The molecule has 1 fully saturated rings. The number of guanidine groups is 1. The molecule has 2 rings (SSSR count). The van der Waals surface area contributed by atoms with Crippen LogP contribution in [0.4, 0.5) is 4.39 Å². The van der Waals surface area contributed by atoms with Crippen LogP contribution in [0.25, 0.3) is 0 Å². The van der Waals surface area contributed by atoms with E-state index in [0.717, 1.165) is 6.54 Å². The molecule has 122 valence electrons. The molecule has 1 aromatic rings. The van der Waals surface area contributed by atoms with Gasteiger partial charge in [-0.2, -0.15) is 0 Å². The van der Waals surface area contributed by atoms with E-state index in [0.29, 0.717) is 29.5 Å². The summed E-state index contributed by atoms with van der Waals surface area (Å²) in [5, 5.41) is 6.53. The Balaban J connectivity index is 1.84. The minimum atomic E-state index is -0.291. The minimum Gasteiger partial charge on any atom is -0.356 e. The van der Waals surface area contributed by atoms with E-state index < -0.39 is 0 Å². The van der Waals surface area contributed by atoms with E-state index in [4.69, 9.17) is 0 Å². The third kappa shape index (κ3) is 4.42. The molecule has 1 aliphatic carbocycles. The molecule has 1 aromatic heterocycles.